The third kappa shape index (κ3) is 6.67. The van der Waals surface area contributed by atoms with Gasteiger partial charge >= 0.3 is 5.97 Å². The Bertz CT molecular complexity index is 922. The SMILES string of the molecule is CCCCC/C(=N/OC/C=C1/CCCc2c(OCC(=O)O)cccc21)c1cccnc1. The van der Waals surface area contributed by atoms with Crippen molar-refractivity contribution >= 4 is 17.3 Å². The molecule has 1 aromatic heterocycles. The van der Waals surface area contributed by atoms with E-state index in [2.05, 4.69) is 29.2 Å². The van der Waals surface area contributed by atoms with Crippen LogP contribution < -0.4 is 4.74 Å². The van der Waals surface area contributed by atoms with E-state index in [1.54, 1.807) is 6.20 Å². The Morgan fingerprint density at radius 2 is 2.13 bits per heavy atom. The molecule has 1 N–H and O–H groups in total. The molecule has 1 aliphatic rings. The van der Waals surface area contributed by atoms with Crippen LogP contribution in [0.25, 0.3) is 5.57 Å². The Labute approximate surface area is 183 Å². The highest BCUT2D eigenvalue weighted by atomic mass is 16.6. The highest BCUT2D eigenvalue weighted by Crippen LogP contribution is 2.36. The van der Waals surface area contributed by atoms with Gasteiger partial charge in [-0.1, -0.05) is 37.1 Å². The summed E-state index contributed by atoms with van der Waals surface area (Å²) in [5.74, 6) is -0.321. The maximum Gasteiger partial charge on any atom is 0.341 e. The van der Waals surface area contributed by atoms with Gasteiger partial charge in [0, 0.05) is 23.5 Å². The lowest BCUT2D eigenvalue weighted by atomic mass is 9.86. The smallest absolute Gasteiger partial charge is 0.341 e. The minimum absolute atomic E-state index is 0.331. The highest BCUT2D eigenvalue weighted by molar-refractivity contribution is 5.99. The van der Waals surface area contributed by atoms with E-state index in [1.165, 1.54) is 5.57 Å². The molecule has 6 nitrogen and oxygen atoms in total. The van der Waals surface area contributed by atoms with E-state index in [1.807, 2.05) is 30.5 Å². The minimum atomic E-state index is -0.973. The first-order valence-electron chi connectivity index (χ1n) is 10.9. The second-order valence-electron chi connectivity index (χ2n) is 7.58. The van der Waals surface area contributed by atoms with Crippen LogP contribution in [0.1, 0.15) is 62.1 Å². The molecule has 0 aliphatic heterocycles. The largest absolute Gasteiger partial charge is 0.482 e. The average Bonchev–Trinajstić information content (AvgIpc) is 2.80. The molecule has 0 saturated heterocycles. The first-order valence-corrected chi connectivity index (χ1v) is 10.9. The van der Waals surface area contributed by atoms with Crippen molar-refractivity contribution in [3.05, 3.63) is 65.5 Å². The van der Waals surface area contributed by atoms with Crippen LogP contribution in [0.5, 0.6) is 5.75 Å². The second-order valence-corrected chi connectivity index (χ2v) is 7.58. The Hall–Kier alpha value is -3.15. The molecule has 164 valence electrons. The number of rotatable bonds is 11. The highest BCUT2D eigenvalue weighted by Gasteiger charge is 2.18. The van der Waals surface area contributed by atoms with Crippen LogP contribution >= 0.6 is 0 Å². The van der Waals surface area contributed by atoms with Gasteiger partial charge in [-0.25, -0.2) is 4.79 Å². The van der Waals surface area contributed by atoms with Crippen molar-refractivity contribution in [3.8, 4) is 5.75 Å². The van der Waals surface area contributed by atoms with E-state index in [0.29, 0.717) is 12.4 Å². The van der Waals surface area contributed by atoms with Gasteiger partial charge < -0.3 is 14.7 Å². The molecule has 0 atom stereocenters. The monoisotopic (exact) mass is 422 g/mol. The predicted molar refractivity (Wildman–Crippen MR) is 121 cm³/mol. The van der Waals surface area contributed by atoms with Crippen LogP contribution in [0.3, 0.4) is 0 Å². The number of fused-ring (bicyclic) bond motifs is 1. The van der Waals surface area contributed by atoms with Crippen molar-refractivity contribution in [1.82, 2.24) is 4.98 Å². The van der Waals surface area contributed by atoms with E-state index in [9.17, 15) is 4.79 Å². The molecule has 0 saturated carbocycles. The summed E-state index contributed by atoms with van der Waals surface area (Å²) >= 11 is 0. The quantitative estimate of drug-likeness (QED) is 0.303. The Balaban J connectivity index is 1.69. The lowest BCUT2D eigenvalue weighted by molar-refractivity contribution is -0.139. The van der Waals surface area contributed by atoms with E-state index < -0.39 is 5.97 Å². The number of aromatic nitrogens is 1. The fraction of sp³-hybridized carbons (Fsp3) is 0.400. The molecule has 1 aliphatic carbocycles. The number of benzene rings is 1. The summed E-state index contributed by atoms with van der Waals surface area (Å²) in [6.07, 6.45) is 12.7. The molecule has 3 rings (SSSR count). The van der Waals surface area contributed by atoms with E-state index >= 15 is 0 Å². The van der Waals surface area contributed by atoms with Crippen LogP contribution in [-0.2, 0) is 16.1 Å². The number of ether oxygens (including phenoxy) is 1. The maximum atomic E-state index is 10.9. The summed E-state index contributed by atoms with van der Waals surface area (Å²) in [4.78, 5) is 20.7. The number of nitrogens with zero attached hydrogens (tertiary/aromatic N) is 2. The van der Waals surface area contributed by atoms with Gasteiger partial charge in [-0.3, -0.25) is 4.98 Å². The summed E-state index contributed by atoms with van der Waals surface area (Å²) in [6, 6.07) is 9.72. The number of carbonyl (C=O) groups is 1. The number of oxime groups is 1. The maximum absolute atomic E-state index is 10.9. The van der Waals surface area contributed by atoms with Crippen molar-refractivity contribution < 1.29 is 19.5 Å². The zero-order valence-electron chi connectivity index (χ0n) is 18.0. The Kier molecular flexibility index (Phi) is 8.64. The van der Waals surface area contributed by atoms with Crippen molar-refractivity contribution in [3.63, 3.8) is 0 Å². The number of hydrogen-bond acceptors (Lipinski definition) is 5. The van der Waals surface area contributed by atoms with Crippen LogP contribution in [0, 0.1) is 0 Å². The van der Waals surface area contributed by atoms with Crippen LogP contribution in [0.2, 0.25) is 0 Å². The van der Waals surface area contributed by atoms with Gasteiger partial charge in [-0.05, 0) is 67.5 Å². The summed E-state index contributed by atoms with van der Waals surface area (Å²) in [6.45, 7) is 2.23. The van der Waals surface area contributed by atoms with E-state index in [4.69, 9.17) is 14.7 Å². The average molecular weight is 423 g/mol. The summed E-state index contributed by atoms with van der Waals surface area (Å²) in [5, 5.41) is 13.3. The van der Waals surface area contributed by atoms with Gasteiger partial charge in [-0.2, -0.15) is 0 Å². The summed E-state index contributed by atoms with van der Waals surface area (Å²) < 4.78 is 5.48. The molecule has 2 aromatic rings. The molecule has 0 radical (unpaired) electrons. The standard InChI is InChI=1S/C25H30N2O4/c1-2-3-4-12-23(20-9-7-15-26-17-20)27-31-16-14-19-8-5-11-22-21(19)10-6-13-24(22)30-18-25(28)29/h6-7,9-10,13-15,17H,2-5,8,11-12,16,18H2,1H3,(H,28,29)/b19-14-,27-23-. The summed E-state index contributed by atoms with van der Waals surface area (Å²) in [7, 11) is 0. The van der Waals surface area contributed by atoms with Gasteiger partial charge in [0.25, 0.3) is 0 Å². The molecule has 0 amide bonds. The third-order valence-corrected chi connectivity index (χ3v) is 5.29. The van der Waals surface area contributed by atoms with E-state index in [-0.39, 0.29) is 6.61 Å². The third-order valence-electron chi connectivity index (χ3n) is 5.29. The lowest BCUT2D eigenvalue weighted by Crippen LogP contribution is -2.12. The lowest BCUT2D eigenvalue weighted by Gasteiger charge is -2.21. The molecule has 0 bridgehead atoms. The molecule has 0 fully saturated rings. The number of aliphatic carboxylic acids is 1. The predicted octanol–water partition coefficient (Wildman–Crippen LogP) is 5.27. The molecular formula is C25H30N2O4. The second kappa shape index (κ2) is 11.9. The number of unbranched alkanes of at least 4 members (excludes halogenated alkanes) is 2. The first-order chi connectivity index (χ1) is 15.2. The zero-order valence-corrected chi connectivity index (χ0v) is 18.0. The zero-order chi connectivity index (χ0) is 21.9. The number of carboxylic acids is 1. The molecule has 0 spiro atoms. The molecule has 31 heavy (non-hydrogen) atoms. The van der Waals surface area contributed by atoms with Crippen LogP contribution in [0.15, 0.2) is 54.0 Å². The van der Waals surface area contributed by atoms with Crippen molar-refractivity contribution in [2.45, 2.75) is 51.9 Å². The van der Waals surface area contributed by atoms with E-state index in [0.717, 1.165) is 67.3 Å². The fourth-order valence-electron chi connectivity index (χ4n) is 3.77. The van der Waals surface area contributed by atoms with Crippen LogP contribution in [0.4, 0.5) is 0 Å². The number of pyridine rings is 1. The van der Waals surface area contributed by atoms with Gasteiger partial charge in [0.2, 0.25) is 0 Å². The topological polar surface area (TPSA) is 81.0 Å². The van der Waals surface area contributed by atoms with Crippen LogP contribution in [-0.4, -0.2) is 35.0 Å². The number of hydrogen-bond donors (Lipinski definition) is 1. The number of carboxylic acid groups (broad SMARTS) is 1. The number of allylic oxidation sites excluding steroid dienone is 1. The molecule has 1 heterocycles. The fourth-order valence-corrected chi connectivity index (χ4v) is 3.77. The molecule has 1 aromatic carbocycles. The van der Waals surface area contributed by atoms with Crippen molar-refractivity contribution in [2.24, 2.45) is 5.16 Å². The Morgan fingerprint density at radius 1 is 1.23 bits per heavy atom. The van der Waals surface area contributed by atoms with Gasteiger partial charge in [0.05, 0.1) is 5.71 Å². The summed E-state index contributed by atoms with van der Waals surface area (Å²) in [5.41, 5.74) is 5.28. The minimum Gasteiger partial charge on any atom is -0.482 e. The molecular weight excluding hydrogens is 392 g/mol. The van der Waals surface area contributed by atoms with Gasteiger partial charge in [-0.15, -0.1) is 0 Å². The van der Waals surface area contributed by atoms with Gasteiger partial charge in [0.1, 0.15) is 12.4 Å². The first kappa shape index (κ1) is 22.5. The van der Waals surface area contributed by atoms with Gasteiger partial charge in [0.15, 0.2) is 6.61 Å². The Morgan fingerprint density at radius 3 is 2.90 bits per heavy atom. The van der Waals surface area contributed by atoms with Crippen molar-refractivity contribution in [1.29, 1.82) is 0 Å². The normalized spacial score (nSPS) is 14.9. The molecule has 0 unspecified atom stereocenters. The van der Waals surface area contributed by atoms with Crippen molar-refractivity contribution in [2.75, 3.05) is 13.2 Å². The molecule has 6 heteroatoms.